The van der Waals surface area contributed by atoms with Crippen molar-refractivity contribution in [2.45, 2.75) is 44.3 Å². The van der Waals surface area contributed by atoms with E-state index >= 15 is 0 Å². The van der Waals surface area contributed by atoms with Gasteiger partial charge in [0, 0.05) is 48.4 Å². The molecule has 2 bridgehead atoms. The number of nitrogens with one attached hydrogen (secondary N) is 2. The second kappa shape index (κ2) is 8.93. The quantitative estimate of drug-likeness (QED) is 0.386. The first-order chi connectivity index (χ1) is 14.5. The smallest absolute Gasteiger partial charge is 0.468 e. The fourth-order valence-corrected chi connectivity index (χ4v) is 4.70. The van der Waals surface area contributed by atoms with E-state index in [1.54, 1.807) is 13.1 Å². The van der Waals surface area contributed by atoms with Gasteiger partial charge in [-0.2, -0.15) is 13.9 Å². The molecule has 4 heterocycles. The van der Waals surface area contributed by atoms with Crippen LogP contribution in [0.3, 0.4) is 0 Å². The van der Waals surface area contributed by atoms with Crippen molar-refractivity contribution in [1.29, 1.82) is 5.41 Å². The summed E-state index contributed by atoms with van der Waals surface area (Å²) in [7, 11) is 1.63. The number of rotatable bonds is 5. The van der Waals surface area contributed by atoms with Gasteiger partial charge in [-0.1, -0.05) is 12.9 Å². The molecule has 11 heteroatoms. The van der Waals surface area contributed by atoms with E-state index in [1.165, 1.54) is 12.4 Å². The van der Waals surface area contributed by atoms with E-state index in [4.69, 9.17) is 5.41 Å². The van der Waals surface area contributed by atoms with Crippen LogP contribution < -0.4 is 51.4 Å². The van der Waals surface area contributed by atoms with E-state index in [0.717, 1.165) is 25.7 Å². The molecule has 3 aliphatic rings. The molecule has 1 saturated carbocycles. The average molecular weight is 456 g/mol. The zero-order valence-corrected chi connectivity index (χ0v) is 20.8. The Morgan fingerprint density at radius 2 is 1.94 bits per heavy atom. The summed E-state index contributed by atoms with van der Waals surface area (Å²) in [5, 5.41) is 16.7. The summed E-state index contributed by atoms with van der Waals surface area (Å²) in [5.74, 6) is 1.38. The number of aromatic amines is 1. The summed E-state index contributed by atoms with van der Waals surface area (Å²) in [5.41, 5.74) is 1.73. The Balaban J connectivity index is 0.00000231. The third-order valence-corrected chi connectivity index (χ3v) is 6.37. The van der Waals surface area contributed by atoms with Gasteiger partial charge < -0.3 is 20.1 Å². The second-order valence-corrected chi connectivity index (χ2v) is 8.31. The van der Waals surface area contributed by atoms with E-state index in [0.29, 0.717) is 46.2 Å². The van der Waals surface area contributed by atoms with Crippen LogP contribution in [0.15, 0.2) is 18.5 Å². The Bertz CT molecular complexity index is 972. The van der Waals surface area contributed by atoms with E-state index < -0.39 is 6.55 Å². The normalized spacial score (nSPS) is 22.6. The number of fused-ring (bicyclic) bond motifs is 2. The number of piperazine rings is 1. The van der Waals surface area contributed by atoms with Gasteiger partial charge in [-0.05, 0) is 37.4 Å². The number of hydrogen-bond acceptors (Lipinski definition) is 3. The van der Waals surface area contributed by atoms with Crippen LogP contribution in [0.4, 0.5) is 14.6 Å². The molecule has 2 aromatic rings. The van der Waals surface area contributed by atoms with Crippen molar-refractivity contribution in [3.05, 3.63) is 29.3 Å². The fraction of sp³-hybridized carbons (Fsp3) is 0.550. The minimum Gasteiger partial charge on any atom is -0.468 e. The maximum absolute atomic E-state index is 12.8. The maximum Gasteiger partial charge on any atom is 1.00 e. The van der Waals surface area contributed by atoms with Crippen LogP contribution in [0.5, 0.6) is 0 Å². The Hall–Kier alpha value is -1.27. The third-order valence-electron chi connectivity index (χ3n) is 6.37. The monoisotopic (exact) mass is 455 g/mol. The van der Waals surface area contributed by atoms with Crippen molar-refractivity contribution >= 4 is 17.6 Å². The Kier molecular flexibility index (Phi) is 6.60. The number of carbonyl (C=O) groups is 1. The number of H-pyrrole nitrogens is 1. The molecular formula is C20H24F2KN7O. The molecule has 2 atom stereocenters. The van der Waals surface area contributed by atoms with E-state index in [1.807, 2.05) is 4.90 Å². The molecule has 8 nitrogen and oxygen atoms in total. The van der Waals surface area contributed by atoms with Crippen molar-refractivity contribution < 1.29 is 65.0 Å². The summed E-state index contributed by atoms with van der Waals surface area (Å²) in [6.07, 6.45) is 6.60. The molecule has 1 aliphatic carbocycles. The molecule has 2 aromatic heterocycles. The molecule has 31 heavy (non-hydrogen) atoms. The molecule has 2 saturated heterocycles. The Morgan fingerprint density at radius 3 is 2.48 bits per heavy atom. The van der Waals surface area contributed by atoms with Crippen molar-refractivity contribution in [1.82, 2.24) is 24.6 Å². The molecule has 1 amide bonds. The first kappa shape index (κ1) is 22.9. The number of nitrogens with zero attached hydrogens (tertiary/aromatic N) is 5. The van der Waals surface area contributed by atoms with Crippen molar-refractivity contribution in [2.75, 3.05) is 20.1 Å². The van der Waals surface area contributed by atoms with Crippen LogP contribution in [0.2, 0.25) is 0 Å². The minimum atomic E-state index is -2.70. The van der Waals surface area contributed by atoms with E-state index in [9.17, 15) is 13.6 Å². The van der Waals surface area contributed by atoms with Gasteiger partial charge in [0.15, 0.2) is 0 Å². The van der Waals surface area contributed by atoms with Crippen LogP contribution in [0.1, 0.15) is 37.8 Å². The van der Waals surface area contributed by atoms with Crippen LogP contribution in [0, 0.1) is 11.3 Å². The predicted molar refractivity (Wildman–Crippen MR) is 107 cm³/mol. The second-order valence-electron chi connectivity index (χ2n) is 8.31. The first-order valence-corrected chi connectivity index (χ1v) is 10.3. The molecule has 0 radical (unpaired) electrons. The average Bonchev–Trinajstić information content (AvgIpc) is 3.19. The zero-order valence-electron chi connectivity index (χ0n) is 17.7. The third kappa shape index (κ3) is 4.22. The molecule has 5 rings (SSSR count). The van der Waals surface area contributed by atoms with Gasteiger partial charge in [-0.15, -0.1) is 0 Å². The van der Waals surface area contributed by atoms with E-state index in [2.05, 4.69) is 20.3 Å². The molecule has 0 spiro atoms. The summed E-state index contributed by atoms with van der Waals surface area (Å²) >= 11 is 0. The minimum absolute atomic E-state index is 0. The molecule has 2 unspecified atom stereocenters. The van der Waals surface area contributed by atoms with Crippen LogP contribution >= 0.6 is 0 Å². The topological polar surface area (TPSA) is 95.1 Å². The number of halogens is 2. The molecule has 2 N–H and O–H groups in total. The standard InChI is InChI=1S/C20H24F2N7O.K/c1-24-18-15(6-16(26-18)12-7-25-28(8-12)20(21)22)17(23)27-9-13-4-5-14(10-27)29(13)19(30)11-2-3-11;/h6-8,11,13-14,20H,2-5,9-10H2,1H3,(H2-,23,24,26);/q-1;+1. The van der Waals surface area contributed by atoms with E-state index in [-0.39, 0.29) is 75.3 Å². The summed E-state index contributed by atoms with van der Waals surface area (Å²) < 4.78 is 26.3. The van der Waals surface area contributed by atoms with Gasteiger partial charge in [0.25, 0.3) is 0 Å². The van der Waals surface area contributed by atoms with Crippen LogP contribution in [0.25, 0.3) is 16.6 Å². The van der Waals surface area contributed by atoms with Crippen molar-refractivity contribution in [2.24, 2.45) is 5.92 Å². The Morgan fingerprint density at radius 1 is 1.26 bits per heavy atom. The summed E-state index contributed by atoms with van der Waals surface area (Å²) in [4.78, 5) is 19.9. The summed E-state index contributed by atoms with van der Waals surface area (Å²) in [6.45, 7) is -1.42. The maximum atomic E-state index is 12.8. The predicted octanol–water partition coefficient (Wildman–Crippen LogP) is 0.323. The SMILES string of the molecule is C[N-]c1[nH]c(-c2cnn(C(F)F)c2)cc1C(=N)N1CC2CCC(C1)N2C(=O)C1CC1.[K+]. The number of alkyl halides is 2. The number of likely N-dealkylation sites (tertiary alicyclic amines) is 1. The van der Waals surface area contributed by atoms with Gasteiger partial charge >= 0.3 is 57.9 Å². The zero-order chi connectivity index (χ0) is 21.0. The molecule has 2 aliphatic heterocycles. The molecule has 0 aromatic carbocycles. The largest absolute Gasteiger partial charge is 1.00 e. The number of aromatic nitrogens is 3. The number of amidine groups is 1. The van der Waals surface area contributed by atoms with Crippen molar-refractivity contribution in [3.63, 3.8) is 0 Å². The van der Waals surface area contributed by atoms with Crippen LogP contribution in [-0.2, 0) is 4.79 Å². The van der Waals surface area contributed by atoms with Crippen LogP contribution in [-0.4, -0.2) is 68.5 Å². The molecule has 160 valence electrons. The van der Waals surface area contributed by atoms with Gasteiger partial charge in [-0.3, -0.25) is 10.2 Å². The van der Waals surface area contributed by atoms with Gasteiger partial charge in [0.05, 0.1) is 6.20 Å². The number of amides is 1. The number of carbonyl (C=O) groups excluding carboxylic acids is 1. The summed E-state index contributed by atoms with van der Waals surface area (Å²) in [6, 6.07) is 2.07. The Labute approximate surface area is 221 Å². The number of hydrogen-bond donors (Lipinski definition) is 2. The van der Waals surface area contributed by atoms with Gasteiger partial charge in [-0.25, -0.2) is 4.68 Å². The first-order valence-electron chi connectivity index (χ1n) is 10.3. The van der Waals surface area contributed by atoms with Gasteiger partial charge in [0.1, 0.15) is 5.84 Å². The molecular weight excluding hydrogens is 431 g/mol. The fourth-order valence-electron chi connectivity index (χ4n) is 4.70. The van der Waals surface area contributed by atoms with Gasteiger partial charge in [0.2, 0.25) is 5.91 Å². The van der Waals surface area contributed by atoms with Crippen molar-refractivity contribution in [3.8, 4) is 11.3 Å². The molecule has 3 fully saturated rings.